The number of ether oxygens (including phenoxy) is 1. The van der Waals surface area contributed by atoms with Crippen LogP contribution >= 0.6 is 0 Å². The summed E-state index contributed by atoms with van der Waals surface area (Å²) < 4.78 is 6.30. The maximum absolute atomic E-state index is 10.8. The van der Waals surface area contributed by atoms with Gasteiger partial charge >= 0.3 is 0 Å². The number of tetrazole rings is 1. The second-order valence-electron chi connectivity index (χ2n) is 8.90. The Morgan fingerprint density at radius 3 is 2.08 bits per heavy atom. The summed E-state index contributed by atoms with van der Waals surface area (Å²) in [5, 5.41) is 25.1. The number of hydrogen-bond donors (Lipinski definition) is 2. The molecule has 0 spiro atoms. The van der Waals surface area contributed by atoms with Gasteiger partial charge in [0.15, 0.2) is 11.9 Å². The molecule has 26 heavy (non-hydrogen) atoms. The van der Waals surface area contributed by atoms with E-state index in [1.54, 1.807) is 0 Å². The maximum atomic E-state index is 10.8. The first kappa shape index (κ1) is 20.2. The highest BCUT2D eigenvalue weighted by atomic mass is 16.5. The van der Waals surface area contributed by atoms with Crippen molar-refractivity contribution in [3.8, 4) is 11.5 Å². The number of aromatic nitrogens is 4. The van der Waals surface area contributed by atoms with Gasteiger partial charge < -0.3 is 9.84 Å². The Morgan fingerprint density at radius 1 is 1.08 bits per heavy atom. The van der Waals surface area contributed by atoms with E-state index in [2.05, 4.69) is 69.1 Å². The zero-order valence-electron chi connectivity index (χ0n) is 17.1. The number of aromatic hydroxyl groups is 1. The normalized spacial score (nSPS) is 13.7. The highest BCUT2D eigenvalue weighted by molar-refractivity contribution is 5.52. The molecule has 0 bridgehead atoms. The SMILES string of the molecule is CCCCC(Oc1cc(C(C)(C)C)c(O)c(C(C)(C)C)c1)c1nnn[nH]1. The zero-order chi connectivity index (χ0) is 19.5. The Balaban J connectivity index is 2.47. The predicted octanol–water partition coefficient (Wildman–Crippen LogP) is 4.81. The molecule has 0 aliphatic carbocycles. The van der Waals surface area contributed by atoms with Gasteiger partial charge in [-0.05, 0) is 46.2 Å². The van der Waals surface area contributed by atoms with Crippen LogP contribution in [0.3, 0.4) is 0 Å². The number of nitrogens with one attached hydrogen (secondary N) is 1. The third-order valence-electron chi connectivity index (χ3n) is 4.46. The summed E-state index contributed by atoms with van der Waals surface area (Å²) in [5.74, 6) is 1.71. The molecule has 0 aliphatic rings. The van der Waals surface area contributed by atoms with Crippen molar-refractivity contribution in [2.45, 2.75) is 84.7 Å². The van der Waals surface area contributed by atoms with Crippen molar-refractivity contribution in [1.29, 1.82) is 0 Å². The van der Waals surface area contributed by atoms with Crippen LogP contribution < -0.4 is 4.74 Å². The molecule has 0 fully saturated rings. The van der Waals surface area contributed by atoms with Crippen LogP contribution in [0.1, 0.15) is 90.8 Å². The summed E-state index contributed by atoms with van der Waals surface area (Å²) in [6, 6.07) is 3.88. The first-order chi connectivity index (χ1) is 12.0. The van der Waals surface area contributed by atoms with Crippen LogP contribution in [0.25, 0.3) is 0 Å². The van der Waals surface area contributed by atoms with Gasteiger partial charge in [0.1, 0.15) is 11.5 Å². The predicted molar refractivity (Wildman–Crippen MR) is 103 cm³/mol. The van der Waals surface area contributed by atoms with Crippen molar-refractivity contribution in [2.75, 3.05) is 0 Å². The first-order valence-corrected chi connectivity index (χ1v) is 9.32. The Hall–Kier alpha value is -2.11. The minimum absolute atomic E-state index is 0.198. The molecule has 1 atom stereocenters. The Labute approximate surface area is 156 Å². The van der Waals surface area contributed by atoms with E-state index in [4.69, 9.17) is 4.74 Å². The number of nitrogens with zero attached hydrogens (tertiary/aromatic N) is 3. The molecule has 6 heteroatoms. The van der Waals surface area contributed by atoms with Crippen LogP contribution in [0.4, 0.5) is 0 Å². The summed E-state index contributed by atoms with van der Waals surface area (Å²) in [6.07, 6.45) is 2.67. The standard InChI is InChI=1S/C20H32N4O2/c1-8-9-10-16(18-21-23-24-22-18)26-13-11-14(19(2,3)4)17(25)15(12-13)20(5,6)7/h11-12,16,25H,8-10H2,1-7H3,(H,21,22,23,24). The van der Waals surface area contributed by atoms with Crippen LogP contribution in [-0.2, 0) is 10.8 Å². The summed E-state index contributed by atoms with van der Waals surface area (Å²) in [4.78, 5) is 0. The summed E-state index contributed by atoms with van der Waals surface area (Å²) in [7, 11) is 0. The molecule has 0 amide bonds. The van der Waals surface area contributed by atoms with E-state index in [-0.39, 0.29) is 16.9 Å². The molecule has 1 aromatic carbocycles. The van der Waals surface area contributed by atoms with Gasteiger partial charge in [-0.25, -0.2) is 5.10 Å². The molecule has 1 heterocycles. The Kier molecular flexibility index (Phi) is 5.94. The average molecular weight is 361 g/mol. The second-order valence-corrected chi connectivity index (χ2v) is 8.90. The highest BCUT2D eigenvalue weighted by Gasteiger charge is 2.28. The molecule has 0 aliphatic heterocycles. The Bertz CT molecular complexity index is 677. The number of H-pyrrole nitrogens is 1. The Morgan fingerprint density at radius 2 is 1.65 bits per heavy atom. The van der Waals surface area contributed by atoms with Crippen LogP contribution in [0, 0.1) is 0 Å². The van der Waals surface area contributed by atoms with E-state index < -0.39 is 0 Å². The number of phenolic OH excluding ortho intramolecular Hbond substituents is 1. The van der Waals surface area contributed by atoms with Gasteiger partial charge in [0, 0.05) is 11.1 Å². The van der Waals surface area contributed by atoms with E-state index in [1.165, 1.54) is 0 Å². The van der Waals surface area contributed by atoms with Crippen molar-refractivity contribution in [3.63, 3.8) is 0 Å². The molecule has 0 saturated carbocycles. The van der Waals surface area contributed by atoms with Gasteiger partial charge in [0.25, 0.3) is 0 Å². The quantitative estimate of drug-likeness (QED) is 0.772. The van der Waals surface area contributed by atoms with Crippen molar-refractivity contribution >= 4 is 0 Å². The van der Waals surface area contributed by atoms with Crippen molar-refractivity contribution in [2.24, 2.45) is 0 Å². The fourth-order valence-electron chi connectivity index (χ4n) is 2.93. The van der Waals surface area contributed by atoms with Gasteiger partial charge in [-0.3, -0.25) is 0 Å². The summed E-state index contributed by atoms with van der Waals surface area (Å²) in [6.45, 7) is 14.7. The van der Waals surface area contributed by atoms with Gasteiger partial charge in [-0.15, -0.1) is 5.10 Å². The number of unbranched alkanes of at least 4 members (excludes halogenated alkanes) is 1. The van der Waals surface area contributed by atoms with Gasteiger partial charge in [0.2, 0.25) is 0 Å². The number of aromatic amines is 1. The molecular formula is C20H32N4O2. The zero-order valence-corrected chi connectivity index (χ0v) is 17.1. The molecule has 0 radical (unpaired) electrons. The monoisotopic (exact) mass is 360 g/mol. The van der Waals surface area contributed by atoms with Gasteiger partial charge in [-0.1, -0.05) is 54.9 Å². The van der Waals surface area contributed by atoms with Crippen LogP contribution in [0.15, 0.2) is 12.1 Å². The van der Waals surface area contributed by atoms with E-state index in [9.17, 15) is 5.11 Å². The fraction of sp³-hybridized carbons (Fsp3) is 0.650. The largest absolute Gasteiger partial charge is 0.507 e. The van der Waals surface area contributed by atoms with Crippen LogP contribution in [0.2, 0.25) is 0 Å². The molecule has 6 nitrogen and oxygen atoms in total. The van der Waals surface area contributed by atoms with E-state index >= 15 is 0 Å². The molecule has 0 saturated heterocycles. The van der Waals surface area contributed by atoms with Gasteiger partial charge in [0.05, 0.1) is 0 Å². The first-order valence-electron chi connectivity index (χ1n) is 9.32. The molecule has 2 aromatic rings. The van der Waals surface area contributed by atoms with Crippen molar-refractivity contribution in [3.05, 3.63) is 29.1 Å². The third kappa shape index (κ3) is 4.74. The fourth-order valence-corrected chi connectivity index (χ4v) is 2.93. The average Bonchev–Trinajstić information content (AvgIpc) is 3.04. The number of rotatable bonds is 6. The maximum Gasteiger partial charge on any atom is 0.189 e. The highest BCUT2D eigenvalue weighted by Crippen LogP contribution is 2.42. The molecule has 2 N–H and O–H groups in total. The second kappa shape index (κ2) is 7.64. The molecule has 144 valence electrons. The van der Waals surface area contributed by atoms with Crippen LogP contribution in [0.5, 0.6) is 11.5 Å². The topological polar surface area (TPSA) is 83.9 Å². The third-order valence-corrected chi connectivity index (χ3v) is 4.46. The summed E-state index contributed by atoms with van der Waals surface area (Å²) >= 11 is 0. The lowest BCUT2D eigenvalue weighted by molar-refractivity contribution is 0.180. The smallest absolute Gasteiger partial charge is 0.189 e. The number of phenols is 1. The number of hydrogen-bond acceptors (Lipinski definition) is 5. The lowest BCUT2D eigenvalue weighted by Crippen LogP contribution is -2.18. The lowest BCUT2D eigenvalue weighted by atomic mass is 9.79. The minimum Gasteiger partial charge on any atom is -0.507 e. The molecule has 1 unspecified atom stereocenters. The number of benzene rings is 1. The van der Waals surface area contributed by atoms with E-state index in [1.807, 2.05) is 12.1 Å². The van der Waals surface area contributed by atoms with E-state index in [0.717, 1.165) is 36.1 Å². The van der Waals surface area contributed by atoms with E-state index in [0.29, 0.717) is 11.6 Å². The minimum atomic E-state index is -0.241. The summed E-state index contributed by atoms with van der Waals surface area (Å²) in [5.41, 5.74) is 1.36. The van der Waals surface area contributed by atoms with Gasteiger partial charge in [-0.2, -0.15) is 0 Å². The molecular weight excluding hydrogens is 328 g/mol. The molecule has 2 rings (SSSR count). The molecule has 1 aromatic heterocycles. The van der Waals surface area contributed by atoms with Crippen LogP contribution in [-0.4, -0.2) is 25.7 Å². The lowest BCUT2D eigenvalue weighted by Gasteiger charge is -2.29. The van der Waals surface area contributed by atoms with Crippen molar-refractivity contribution < 1.29 is 9.84 Å². The van der Waals surface area contributed by atoms with Crippen molar-refractivity contribution in [1.82, 2.24) is 20.6 Å².